The third kappa shape index (κ3) is 8.17. The molecule has 0 N–H and O–H groups in total. The summed E-state index contributed by atoms with van der Waals surface area (Å²) < 4.78 is 14.3. The molecule has 0 saturated carbocycles. The molecule has 0 amide bonds. The average Bonchev–Trinajstić information content (AvgIpc) is 1.97. The molecule has 10 heavy (non-hydrogen) atoms. The van der Waals surface area contributed by atoms with Crippen molar-refractivity contribution in [2.75, 3.05) is 33.0 Å². The van der Waals surface area contributed by atoms with Gasteiger partial charge < -0.3 is 9.47 Å². The van der Waals surface area contributed by atoms with E-state index in [9.17, 15) is 0 Å². The summed E-state index contributed by atoms with van der Waals surface area (Å²) in [6.07, 6.45) is 0. The quantitative estimate of drug-likeness (QED) is 0.535. The van der Waals surface area contributed by atoms with E-state index < -0.39 is 0 Å². The largest absolute Gasteiger partial charge is 0.379 e. The Bertz CT molecular complexity index is 53.0. The van der Waals surface area contributed by atoms with Crippen LogP contribution in [0.3, 0.4) is 0 Å². The predicted octanol–water partition coefficient (Wildman–Crippen LogP) is 1.21. The van der Waals surface area contributed by atoms with Crippen molar-refractivity contribution in [1.29, 1.82) is 0 Å². The van der Waals surface area contributed by atoms with Gasteiger partial charge in [0.2, 0.25) is 0 Å². The van der Waals surface area contributed by atoms with E-state index in [0.29, 0.717) is 26.4 Å². The Hall–Kier alpha value is 0.170. The van der Waals surface area contributed by atoms with E-state index in [-0.39, 0.29) is 0 Å². The van der Waals surface area contributed by atoms with Gasteiger partial charge in [-0.3, -0.25) is 4.29 Å². The molecule has 0 aliphatic heterocycles. The van der Waals surface area contributed by atoms with Crippen molar-refractivity contribution < 1.29 is 13.8 Å². The molecule has 0 saturated heterocycles. The Morgan fingerprint density at radius 2 is 1.60 bits per heavy atom. The fraction of sp³-hybridized carbons (Fsp3) is 1.00. The van der Waals surface area contributed by atoms with Crippen LogP contribution >= 0.6 is 11.9 Å². The maximum atomic E-state index is 5.04. The van der Waals surface area contributed by atoms with Gasteiger partial charge in [0, 0.05) is 6.61 Å². The maximum Gasteiger partial charge on any atom is 0.0916 e. The molecule has 0 atom stereocenters. The molecule has 0 radical (unpaired) electrons. The van der Waals surface area contributed by atoms with Crippen LogP contribution < -0.4 is 0 Å². The Morgan fingerprint density at radius 3 is 2.20 bits per heavy atom. The molecule has 0 spiro atoms. The van der Waals surface area contributed by atoms with Crippen LogP contribution in [0.25, 0.3) is 0 Å². The van der Waals surface area contributed by atoms with E-state index in [0.717, 1.165) is 6.61 Å². The van der Waals surface area contributed by atoms with Crippen LogP contribution in [0.4, 0.5) is 0 Å². The highest BCUT2D eigenvalue weighted by atomic mass is 35.5. The molecule has 0 aromatic carbocycles. The summed E-state index contributed by atoms with van der Waals surface area (Å²) in [5.74, 6) is 0. The minimum atomic E-state index is 0.424. The van der Waals surface area contributed by atoms with Crippen molar-refractivity contribution in [2.45, 2.75) is 6.92 Å². The van der Waals surface area contributed by atoms with E-state index in [2.05, 4.69) is 4.29 Å². The highest BCUT2D eigenvalue weighted by Crippen LogP contribution is 1.81. The lowest BCUT2D eigenvalue weighted by atomic mass is 10.7. The average molecular weight is 169 g/mol. The van der Waals surface area contributed by atoms with Gasteiger partial charge in [-0.1, -0.05) is 0 Å². The van der Waals surface area contributed by atoms with Crippen molar-refractivity contribution in [3.8, 4) is 0 Å². The number of ether oxygens (including phenoxy) is 2. The van der Waals surface area contributed by atoms with Gasteiger partial charge in [-0.2, -0.15) is 0 Å². The molecule has 3 nitrogen and oxygen atoms in total. The normalized spacial score (nSPS) is 10.2. The van der Waals surface area contributed by atoms with Gasteiger partial charge in [0.05, 0.1) is 38.3 Å². The summed E-state index contributed by atoms with van der Waals surface area (Å²) in [6.45, 7) is 4.87. The van der Waals surface area contributed by atoms with Gasteiger partial charge >= 0.3 is 0 Å². The summed E-state index contributed by atoms with van der Waals surface area (Å²) in [6, 6.07) is 0. The summed E-state index contributed by atoms with van der Waals surface area (Å²) in [5.41, 5.74) is 0. The highest BCUT2D eigenvalue weighted by molar-refractivity contribution is 6.07. The van der Waals surface area contributed by atoms with E-state index in [1.807, 2.05) is 6.92 Å². The fourth-order valence-corrected chi connectivity index (χ4v) is 0.518. The van der Waals surface area contributed by atoms with Gasteiger partial charge in [-0.15, -0.1) is 0 Å². The van der Waals surface area contributed by atoms with E-state index in [1.54, 1.807) is 0 Å². The number of hydrogen-bond acceptors (Lipinski definition) is 3. The first-order chi connectivity index (χ1) is 4.91. The van der Waals surface area contributed by atoms with Crippen molar-refractivity contribution in [3.05, 3.63) is 0 Å². The van der Waals surface area contributed by atoms with E-state index in [4.69, 9.17) is 21.3 Å². The SMILES string of the molecule is CCOCCOCCOCl. The van der Waals surface area contributed by atoms with Gasteiger partial charge in [0.15, 0.2) is 0 Å². The van der Waals surface area contributed by atoms with E-state index >= 15 is 0 Å². The summed E-state index contributed by atoms with van der Waals surface area (Å²) in [7, 11) is 0. The van der Waals surface area contributed by atoms with Crippen LogP contribution in [0.5, 0.6) is 0 Å². The van der Waals surface area contributed by atoms with Crippen LogP contribution in [0.15, 0.2) is 0 Å². The zero-order valence-corrected chi connectivity index (χ0v) is 6.89. The first kappa shape index (κ1) is 10.2. The van der Waals surface area contributed by atoms with Gasteiger partial charge in [-0.05, 0) is 6.92 Å². The third-order valence-electron chi connectivity index (χ3n) is 0.881. The second kappa shape index (κ2) is 9.17. The number of halogens is 1. The Morgan fingerprint density at radius 1 is 1.00 bits per heavy atom. The minimum Gasteiger partial charge on any atom is -0.379 e. The number of rotatable bonds is 7. The first-order valence-corrected chi connectivity index (χ1v) is 3.61. The second-order valence-electron chi connectivity index (χ2n) is 1.62. The standard InChI is InChI=1S/C6H13ClO3/c1-2-8-3-4-9-5-6-10-7/h2-6H2,1H3. The van der Waals surface area contributed by atoms with Gasteiger partial charge in [-0.25, -0.2) is 0 Å². The Balaban J connectivity index is 2.65. The lowest BCUT2D eigenvalue weighted by Crippen LogP contribution is -2.07. The zero-order chi connectivity index (χ0) is 7.66. The van der Waals surface area contributed by atoms with Crippen LogP contribution in [-0.4, -0.2) is 33.0 Å². The zero-order valence-electron chi connectivity index (χ0n) is 6.14. The minimum absolute atomic E-state index is 0.424. The molecule has 0 rings (SSSR count). The van der Waals surface area contributed by atoms with E-state index in [1.165, 1.54) is 0 Å². The molecule has 0 heterocycles. The highest BCUT2D eigenvalue weighted by Gasteiger charge is 1.86. The smallest absolute Gasteiger partial charge is 0.0916 e. The molecule has 0 fully saturated rings. The first-order valence-electron chi connectivity index (χ1n) is 3.30. The lowest BCUT2D eigenvalue weighted by molar-refractivity contribution is 0.0417. The summed E-state index contributed by atoms with van der Waals surface area (Å²) in [4.78, 5) is 0. The molecular weight excluding hydrogens is 156 g/mol. The Kier molecular flexibility index (Phi) is 9.33. The van der Waals surface area contributed by atoms with Crippen molar-refractivity contribution in [3.63, 3.8) is 0 Å². The molecule has 62 valence electrons. The molecule has 4 heteroatoms. The summed E-state index contributed by atoms with van der Waals surface area (Å²) >= 11 is 4.93. The predicted molar refractivity (Wildman–Crippen MR) is 39.1 cm³/mol. The topological polar surface area (TPSA) is 27.7 Å². The van der Waals surface area contributed by atoms with Crippen molar-refractivity contribution in [1.82, 2.24) is 0 Å². The van der Waals surface area contributed by atoms with Crippen LogP contribution in [0.2, 0.25) is 0 Å². The van der Waals surface area contributed by atoms with Gasteiger partial charge in [0.1, 0.15) is 0 Å². The van der Waals surface area contributed by atoms with Crippen molar-refractivity contribution >= 4 is 11.9 Å². The van der Waals surface area contributed by atoms with Crippen LogP contribution in [0, 0.1) is 0 Å². The molecular formula is C6H13ClO3. The monoisotopic (exact) mass is 168 g/mol. The molecule has 0 unspecified atom stereocenters. The molecule has 0 bridgehead atoms. The van der Waals surface area contributed by atoms with Crippen molar-refractivity contribution in [2.24, 2.45) is 0 Å². The molecule has 0 aromatic rings. The Labute approximate surface area is 66.4 Å². The summed E-state index contributed by atoms with van der Waals surface area (Å²) in [5, 5.41) is 0. The number of hydrogen-bond donors (Lipinski definition) is 0. The third-order valence-corrected chi connectivity index (χ3v) is 1.04. The van der Waals surface area contributed by atoms with Crippen LogP contribution in [0.1, 0.15) is 6.92 Å². The molecule has 0 aromatic heterocycles. The molecule has 0 aliphatic carbocycles. The van der Waals surface area contributed by atoms with Gasteiger partial charge in [0.25, 0.3) is 0 Å². The molecule has 0 aliphatic rings. The fourth-order valence-electron chi connectivity index (χ4n) is 0.455. The van der Waals surface area contributed by atoms with Crippen LogP contribution in [-0.2, 0) is 13.8 Å². The second-order valence-corrected chi connectivity index (χ2v) is 1.84. The maximum absolute atomic E-state index is 5.04. The lowest BCUT2D eigenvalue weighted by Gasteiger charge is -2.01.